The monoisotopic (exact) mass is 354 g/mol. The molecule has 0 atom stereocenters. The van der Waals surface area contributed by atoms with E-state index in [0.29, 0.717) is 15.2 Å². The Kier molecular flexibility index (Phi) is 4.86. The van der Waals surface area contributed by atoms with Crippen molar-refractivity contribution < 1.29 is 14.3 Å². The van der Waals surface area contributed by atoms with Gasteiger partial charge in [-0.05, 0) is 39.9 Å². The van der Waals surface area contributed by atoms with Crippen molar-refractivity contribution in [1.29, 1.82) is 0 Å². The van der Waals surface area contributed by atoms with E-state index >= 15 is 0 Å². The van der Waals surface area contributed by atoms with Gasteiger partial charge in [-0.2, -0.15) is 4.37 Å². The molecule has 1 heterocycles. The van der Waals surface area contributed by atoms with Gasteiger partial charge in [0.25, 0.3) is 0 Å². The Morgan fingerprint density at radius 1 is 1.35 bits per heavy atom. The Morgan fingerprint density at radius 3 is 2.70 bits per heavy atom. The third kappa shape index (κ3) is 3.64. The van der Waals surface area contributed by atoms with Gasteiger partial charge in [0.2, 0.25) is 0 Å². The van der Waals surface area contributed by atoms with Crippen molar-refractivity contribution in [3.8, 4) is 0 Å². The number of nitrogens with zero attached hydrogens (tertiary/aromatic N) is 1. The van der Waals surface area contributed by atoms with Crippen LogP contribution in [0.15, 0.2) is 34.9 Å². The van der Waals surface area contributed by atoms with Crippen molar-refractivity contribution in [3.05, 3.63) is 46.1 Å². The average Bonchev–Trinajstić information content (AvgIpc) is 2.78. The molecule has 0 spiro atoms. The van der Waals surface area contributed by atoms with E-state index in [9.17, 15) is 9.59 Å². The highest BCUT2D eigenvalue weighted by Crippen LogP contribution is 2.29. The highest BCUT2D eigenvalue weighted by atomic mass is 79.9. The Balaban J connectivity index is 1.97. The summed E-state index contributed by atoms with van der Waals surface area (Å²) >= 11 is 4.19. The normalized spacial score (nSPS) is 10.1. The molecule has 0 saturated heterocycles. The number of halogens is 1. The standard InChI is InChI=1S/C13H11BrN2O3S/c1-8(17)10-11(14)16-20-12(10)15-13(18)19-7-9-5-3-2-4-6-9/h2-6H,7H2,1H3,(H,15,18). The van der Waals surface area contributed by atoms with Gasteiger partial charge in [0.1, 0.15) is 16.2 Å². The number of anilines is 1. The first-order chi connectivity index (χ1) is 9.58. The lowest BCUT2D eigenvalue weighted by atomic mass is 10.2. The van der Waals surface area contributed by atoms with Crippen molar-refractivity contribution in [3.63, 3.8) is 0 Å². The Hall–Kier alpha value is -1.73. The molecule has 2 rings (SSSR count). The van der Waals surface area contributed by atoms with Gasteiger partial charge in [-0.25, -0.2) is 4.79 Å². The van der Waals surface area contributed by atoms with E-state index in [4.69, 9.17) is 4.74 Å². The molecule has 0 fully saturated rings. The number of benzene rings is 1. The zero-order valence-corrected chi connectivity index (χ0v) is 13.0. The predicted molar refractivity (Wildman–Crippen MR) is 80.1 cm³/mol. The number of Topliss-reactive ketones (excluding diaryl/α,β-unsaturated/α-hetero) is 1. The molecule has 0 unspecified atom stereocenters. The lowest BCUT2D eigenvalue weighted by molar-refractivity contribution is 0.101. The van der Waals surface area contributed by atoms with Crippen molar-refractivity contribution in [2.24, 2.45) is 0 Å². The molecule has 0 radical (unpaired) electrons. The summed E-state index contributed by atoms with van der Waals surface area (Å²) in [6.07, 6.45) is -0.618. The van der Waals surface area contributed by atoms with E-state index < -0.39 is 6.09 Å². The Morgan fingerprint density at radius 2 is 2.05 bits per heavy atom. The zero-order valence-electron chi connectivity index (χ0n) is 10.6. The zero-order chi connectivity index (χ0) is 14.5. The maximum Gasteiger partial charge on any atom is 0.412 e. The fourth-order valence-corrected chi connectivity index (χ4v) is 3.06. The van der Waals surface area contributed by atoms with Gasteiger partial charge in [0.15, 0.2) is 5.78 Å². The molecule has 0 saturated carbocycles. The topological polar surface area (TPSA) is 68.3 Å². The van der Waals surface area contributed by atoms with Gasteiger partial charge in [-0.15, -0.1) is 0 Å². The average molecular weight is 355 g/mol. The van der Waals surface area contributed by atoms with Crippen molar-refractivity contribution in [1.82, 2.24) is 4.37 Å². The van der Waals surface area contributed by atoms with Crippen LogP contribution in [0.3, 0.4) is 0 Å². The first-order valence-electron chi connectivity index (χ1n) is 5.71. The van der Waals surface area contributed by atoms with Gasteiger partial charge in [-0.3, -0.25) is 10.1 Å². The highest BCUT2D eigenvalue weighted by molar-refractivity contribution is 9.10. The number of carbonyl (C=O) groups excluding carboxylic acids is 2. The number of amides is 1. The number of rotatable bonds is 4. The first kappa shape index (κ1) is 14.7. The molecule has 7 heteroatoms. The molecule has 1 N–H and O–H groups in total. The van der Waals surface area contributed by atoms with E-state index in [1.54, 1.807) is 0 Å². The van der Waals surface area contributed by atoms with Gasteiger partial charge in [0, 0.05) is 0 Å². The van der Waals surface area contributed by atoms with Crippen LogP contribution in [0.25, 0.3) is 0 Å². The summed E-state index contributed by atoms with van der Waals surface area (Å²) in [4.78, 5) is 23.1. The lowest BCUT2D eigenvalue weighted by Gasteiger charge is -2.06. The van der Waals surface area contributed by atoms with Crippen LogP contribution < -0.4 is 5.32 Å². The van der Waals surface area contributed by atoms with Gasteiger partial charge in [-0.1, -0.05) is 30.3 Å². The summed E-state index contributed by atoms with van der Waals surface area (Å²) in [6.45, 7) is 1.58. The van der Waals surface area contributed by atoms with E-state index in [-0.39, 0.29) is 12.4 Å². The third-order valence-corrected chi connectivity index (χ3v) is 4.00. The summed E-state index contributed by atoms with van der Waals surface area (Å²) in [6, 6.07) is 9.34. The van der Waals surface area contributed by atoms with Gasteiger partial charge in [0.05, 0.1) is 5.56 Å². The van der Waals surface area contributed by atoms with Crippen LogP contribution in [-0.4, -0.2) is 16.3 Å². The quantitative estimate of drug-likeness (QED) is 0.846. The van der Waals surface area contributed by atoms with Crippen LogP contribution in [0, 0.1) is 0 Å². The second-order valence-electron chi connectivity index (χ2n) is 3.92. The maximum absolute atomic E-state index is 11.7. The van der Waals surface area contributed by atoms with Crippen LogP contribution in [-0.2, 0) is 11.3 Å². The van der Waals surface area contributed by atoms with Crippen LogP contribution in [0.4, 0.5) is 9.80 Å². The first-order valence-corrected chi connectivity index (χ1v) is 7.28. The van der Waals surface area contributed by atoms with Crippen molar-refractivity contribution in [2.45, 2.75) is 13.5 Å². The molecule has 104 valence electrons. The molecule has 0 aliphatic rings. The summed E-state index contributed by atoms with van der Waals surface area (Å²) in [5.74, 6) is -0.177. The number of hydrogen-bond acceptors (Lipinski definition) is 5. The number of ketones is 1. The minimum absolute atomic E-state index is 0.169. The molecule has 0 bridgehead atoms. The third-order valence-electron chi connectivity index (χ3n) is 2.43. The Bertz CT molecular complexity index is 628. The molecule has 20 heavy (non-hydrogen) atoms. The van der Waals surface area contributed by atoms with E-state index in [1.807, 2.05) is 30.3 Å². The van der Waals surface area contributed by atoms with Crippen molar-refractivity contribution in [2.75, 3.05) is 5.32 Å². The summed E-state index contributed by atoms with van der Waals surface area (Å²) < 4.78 is 9.48. The molecular formula is C13H11BrN2O3S. The fraction of sp³-hybridized carbons (Fsp3) is 0.154. The SMILES string of the molecule is CC(=O)c1c(Br)nsc1NC(=O)OCc1ccccc1. The second-order valence-corrected chi connectivity index (χ2v) is 5.44. The largest absolute Gasteiger partial charge is 0.444 e. The van der Waals surface area contributed by atoms with Crippen LogP contribution in [0.2, 0.25) is 0 Å². The molecule has 0 aliphatic carbocycles. The predicted octanol–water partition coefficient (Wildman–Crippen LogP) is 3.86. The smallest absolute Gasteiger partial charge is 0.412 e. The molecule has 2 aromatic rings. The molecular weight excluding hydrogens is 344 g/mol. The number of carbonyl (C=O) groups is 2. The van der Waals surface area contributed by atoms with E-state index in [2.05, 4.69) is 25.6 Å². The highest BCUT2D eigenvalue weighted by Gasteiger charge is 2.18. The van der Waals surface area contributed by atoms with Crippen LogP contribution in [0.5, 0.6) is 0 Å². The molecule has 5 nitrogen and oxygen atoms in total. The molecule has 0 aliphatic heterocycles. The Labute approximate surface area is 128 Å². The summed E-state index contributed by atoms with van der Waals surface area (Å²) in [7, 11) is 0. The number of nitrogens with one attached hydrogen (secondary N) is 1. The van der Waals surface area contributed by atoms with E-state index in [0.717, 1.165) is 17.1 Å². The molecule has 1 aromatic carbocycles. The number of ether oxygens (including phenoxy) is 1. The summed E-state index contributed by atoms with van der Waals surface area (Å²) in [5.41, 5.74) is 1.24. The van der Waals surface area contributed by atoms with Crippen LogP contribution >= 0.6 is 27.5 Å². The minimum atomic E-state index is -0.618. The van der Waals surface area contributed by atoms with Gasteiger partial charge >= 0.3 is 6.09 Å². The van der Waals surface area contributed by atoms with Gasteiger partial charge < -0.3 is 4.74 Å². The fourth-order valence-electron chi connectivity index (χ4n) is 1.51. The summed E-state index contributed by atoms with van der Waals surface area (Å²) in [5, 5.41) is 2.90. The van der Waals surface area contributed by atoms with E-state index in [1.165, 1.54) is 6.92 Å². The molecule has 1 amide bonds. The second kappa shape index (κ2) is 6.62. The maximum atomic E-state index is 11.7. The number of hydrogen-bond donors (Lipinski definition) is 1. The molecule has 1 aromatic heterocycles. The van der Waals surface area contributed by atoms with Crippen LogP contribution in [0.1, 0.15) is 22.8 Å². The number of aromatic nitrogens is 1. The van der Waals surface area contributed by atoms with Crippen molar-refractivity contribution >= 4 is 44.3 Å². The lowest BCUT2D eigenvalue weighted by Crippen LogP contribution is -2.14. The minimum Gasteiger partial charge on any atom is -0.444 e.